The van der Waals surface area contributed by atoms with Crippen molar-refractivity contribution in [3.05, 3.63) is 59.1 Å². The standard InChI is InChI=1S/C17H17ClN2O2/c1-12(21)20(2)16-5-3-4-15(11-16)19-17(22)10-13-6-8-14(18)9-7-13/h3-9,11H,10H2,1-2H3,(H,19,22). The summed E-state index contributed by atoms with van der Waals surface area (Å²) in [6.45, 7) is 1.49. The number of hydrogen-bond acceptors (Lipinski definition) is 2. The van der Waals surface area contributed by atoms with Crippen LogP contribution in [0.5, 0.6) is 0 Å². The van der Waals surface area contributed by atoms with Gasteiger partial charge in [0.1, 0.15) is 0 Å². The van der Waals surface area contributed by atoms with Crippen molar-refractivity contribution in [3.63, 3.8) is 0 Å². The van der Waals surface area contributed by atoms with E-state index in [2.05, 4.69) is 5.32 Å². The lowest BCUT2D eigenvalue weighted by molar-refractivity contribution is -0.116. The third-order valence-electron chi connectivity index (χ3n) is 3.27. The van der Waals surface area contributed by atoms with Gasteiger partial charge < -0.3 is 10.2 Å². The molecule has 0 aromatic heterocycles. The SMILES string of the molecule is CC(=O)N(C)c1cccc(NC(=O)Cc2ccc(Cl)cc2)c1. The zero-order valence-electron chi connectivity index (χ0n) is 12.5. The highest BCUT2D eigenvalue weighted by Crippen LogP contribution is 2.19. The van der Waals surface area contributed by atoms with Crippen LogP contribution in [0.1, 0.15) is 12.5 Å². The van der Waals surface area contributed by atoms with Gasteiger partial charge in [-0.05, 0) is 35.9 Å². The summed E-state index contributed by atoms with van der Waals surface area (Å²) in [5.41, 5.74) is 2.28. The molecular weight excluding hydrogens is 300 g/mol. The average molecular weight is 317 g/mol. The lowest BCUT2D eigenvalue weighted by Gasteiger charge is -2.16. The number of nitrogens with zero attached hydrogens (tertiary/aromatic N) is 1. The summed E-state index contributed by atoms with van der Waals surface area (Å²) in [6.07, 6.45) is 0.268. The third kappa shape index (κ3) is 4.33. The van der Waals surface area contributed by atoms with Crippen molar-refractivity contribution in [2.45, 2.75) is 13.3 Å². The molecule has 5 heteroatoms. The fourth-order valence-corrected chi connectivity index (χ4v) is 2.09. The van der Waals surface area contributed by atoms with Gasteiger partial charge in [-0.15, -0.1) is 0 Å². The molecule has 0 fully saturated rings. The summed E-state index contributed by atoms with van der Waals surface area (Å²) < 4.78 is 0. The molecule has 0 spiro atoms. The normalized spacial score (nSPS) is 10.1. The van der Waals surface area contributed by atoms with Crippen LogP contribution in [0.15, 0.2) is 48.5 Å². The monoisotopic (exact) mass is 316 g/mol. The number of amides is 2. The van der Waals surface area contributed by atoms with E-state index in [9.17, 15) is 9.59 Å². The Bertz CT molecular complexity index is 683. The summed E-state index contributed by atoms with van der Waals surface area (Å²) in [4.78, 5) is 25.0. The minimum Gasteiger partial charge on any atom is -0.326 e. The molecule has 0 bridgehead atoms. The highest BCUT2D eigenvalue weighted by atomic mass is 35.5. The van der Waals surface area contributed by atoms with E-state index >= 15 is 0 Å². The van der Waals surface area contributed by atoms with E-state index in [0.29, 0.717) is 10.7 Å². The molecule has 0 saturated carbocycles. The Morgan fingerprint density at radius 3 is 2.45 bits per heavy atom. The quantitative estimate of drug-likeness (QED) is 0.938. The Balaban J connectivity index is 2.04. The largest absolute Gasteiger partial charge is 0.326 e. The molecule has 0 aliphatic heterocycles. The molecule has 4 nitrogen and oxygen atoms in total. The molecule has 0 heterocycles. The third-order valence-corrected chi connectivity index (χ3v) is 3.52. The van der Waals surface area contributed by atoms with Crippen molar-refractivity contribution >= 4 is 34.8 Å². The van der Waals surface area contributed by atoms with E-state index in [4.69, 9.17) is 11.6 Å². The van der Waals surface area contributed by atoms with E-state index in [-0.39, 0.29) is 18.2 Å². The second kappa shape index (κ2) is 7.09. The first-order valence-corrected chi connectivity index (χ1v) is 7.22. The summed E-state index contributed by atoms with van der Waals surface area (Å²) in [7, 11) is 1.69. The highest BCUT2D eigenvalue weighted by Gasteiger charge is 2.08. The van der Waals surface area contributed by atoms with Crippen molar-refractivity contribution in [2.75, 3.05) is 17.3 Å². The lowest BCUT2D eigenvalue weighted by atomic mass is 10.1. The topological polar surface area (TPSA) is 49.4 Å². The van der Waals surface area contributed by atoms with Crippen molar-refractivity contribution in [1.82, 2.24) is 0 Å². The van der Waals surface area contributed by atoms with Crippen molar-refractivity contribution in [2.24, 2.45) is 0 Å². The maximum Gasteiger partial charge on any atom is 0.228 e. The van der Waals surface area contributed by atoms with Gasteiger partial charge in [0.25, 0.3) is 0 Å². The van der Waals surface area contributed by atoms with E-state index in [0.717, 1.165) is 11.3 Å². The van der Waals surface area contributed by atoms with Crippen molar-refractivity contribution in [3.8, 4) is 0 Å². The Hall–Kier alpha value is -2.33. The maximum absolute atomic E-state index is 12.1. The molecule has 114 valence electrons. The summed E-state index contributed by atoms with van der Waals surface area (Å²) >= 11 is 5.82. The highest BCUT2D eigenvalue weighted by molar-refractivity contribution is 6.30. The molecular formula is C17H17ClN2O2. The van der Waals surface area contributed by atoms with E-state index in [1.54, 1.807) is 37.4 Å². The van der Waals surface area contributed by atoms with Gasteiger partial charge in [-0.3, -0.25) is 9.59 Å². The van der Waals surface area contributed by atoms with Gasteiger partial charge in [-0.25, -0.2) is 0 Å². The first kappa shape index (κ1) is 16.0. The summed E-state index contributed by atoms with van der Waals surface area (Å²) in [5.74, 6) is -0.186. The number of carbonyl (C=O) groups excluding carboxylic acids is 2. The molecule has 0 unspecified atom stereocenters. The Labute approximate surface area is 134 Å². The second-order valence-electron chi connectivity index (χ2n) is 4.98. The van der Waals surface area contributed by atoms with Gasteiger partial charge in [0.2, 0.25) is 11.8 Å². The number of anilines is 2. The number of hydrogen-bond donors (Lipinski definition) is 1. The zero-order chi connectivity index (χ0) is 16.1. The summed E-state index contributed by atoms with van der Waals surface area (Å²) in [5, 5.41) is 3.47. The molecule has 0 radical (unpaired) electrons. The molecule has 0 atom stereocenters. The Morgan fingerprint density at radius 1 is 1.14 bits per heavy atom. The predicted molar refractivity (Wildman–Crippen MR) is 89.3 cm³/mol. The molecule has 2 amide bonds. The fraction of sp³-hybridized carbons (Fsp3) is 0.176. The van der Waals surface area contributed by atoms with Crippen molar-refractivity contribution < 1.29 is 9.59 Å². The molecule has 2 aromatic rings. The van der Waals surface area contributed by atoms with Crippen LogP contribution in [-0.2, 0) is 16.0 Å². The van der Waals surface area contributed by atoms with E-state index in [1.807, 2.05) is 18.2 Å². The van der Waals surface area contributed by atoms with Gasteiger partial charge in [-0.1, -0.05) is 29.8 Å². The number of rotatable bonds is 4. The summed E-state index contributed by atoms with van der Waals surface area (Å²) in [6, 6.07) is 14.3. The molecule has 0 aliphatic carbocycles. The second-order valence-corrected chi connectivity index (χ2v) is 5.42. The Morgan fingerprint density at radius 2 is 1.82 bits per heavy atom. The minimum absolute atomic E-state index is 0.0651. The molecule has 22 heavy (non-hydrogen) atoms. The molecule has 1 N–H and O–H groups in total. The van der Waals surface area contributed by atoms with Crippen LogP contribution in [-0.4, -0.2) is 18.9 Å². The van der Waals surface area contributed by atoms with Gasteiger partial charge in [0.15, 0.2) is 0 Å². The van der Waals surface area contributed by atoms with E-state index < -0.39 is 0 Å². The predicted octanol–water partition coefficient (Wildman–Crippen LogP) is 3.50. The first-order valence-electron chi connectivity index (χ1n) is 6.84. The van der Waals surface area contributed by atoms with Crippen LogP contribution in [0.4, 0.5) is 11.4 Å². The smallest absolute Gasteiger partial charge is 0.228 e. The van der Waals surface area contributed by atoms with Crippen LogP contribution in [0.3, 0.4) is 0 Å². The molecule has 2 aromatic carbocycles. The van der Waals surface area contributed by atoms with Crippen LogP contribution in [0.2, 0.25) is 5.02 Å². The molecule has 2 rings (SSSR count). The van der Waals surface area contributed by atoms with Gasteiger partial charge in [0, 0.05) is 30.4 Å². The maximum atomic E-state index is 12.1. The van der Waals surface area contributed by atoms with Gasteiger partial charge in [0.05, 0.1) is 6.42 Å². The number of benzene rings is 2. The average Bonchev–Trinajstić information content (AvgIpc) is 2.49. The minimum atomic E-state index is -0.120. The molecule has 0 aliphatic rings. The van der Waals surface area contributed by atoms with E-state index in [1.165, 1.54) is 11.8 Å². The van der Waals surface area contributed by atoms with Crippen LogP contribution >= 0.6 is 11.6 Å². The first-order chi connectivity index (χ1) is 10.5. The van der Waals surface area contributed by atoms with Crippen molar-refractivity contribution in [1.29, 1.82) is 0 Å². The number of carbonyl (C=O) groups is 2. The van der Waals surface area contributed by atoms with Crippen LogP contribution in [0.25, 0.3) is 0 Å². The number of halogens is 1. The fourth-order valence-electron chi connectivity index (χ4n) is 1.97. The lowest BCUT2D eigenvalue weighted by Crippen LogP contribution is -2.23. The zero-order valence-corrected chi connectivity index (χ0v) is 13.2. The Kier molecular flexibility index (Phi) is 5.17. The van der Waals surface area contributed by atoms with Gasteiger partial charge in [-0.2, -0.15) is 0 Å². The van der Waals surface area contributed by atoms with Gasteiger partial charge >= 0.3 is 0 Å². The molecule has 0 saturated heterocycles. The number of nitrogens with one attached hydrogen (secondary N) is 1. The van der Waals surface area contributed by atoms with Crippen LogP contribution in [0, 0.1) is 0 Å². The van der Waals surface area contributed by atoms with Crippen LogP contribution < -0.4 is 10.2 Å².